The van der Waals surface area contributed by atoms with Crippen molar-refractivity contribution < 1.29 is 5.21 Å². The number of nitrogens with two attached hydrogens (primary N) is 1. The van der Waals surface area contributed by atoms with Crippen molar-refractivity contribution in [2.24, 2.45) is 10.9 Å². The second-order valence-electron chi connectivity index (χ2n) is 4.47. The van der Waals surface area contributed by atoms with Crippen molar-refractivity contribution in [3.05, 3.63) is 0 Å². The largest absolute Gasteiger partial charge is 0.409 e. The van der Waals surface area contributed by atoms with E-state index in [1.165, 1.54) is 25.9 Å². The molecule has 0 saturated carbocycles. The van der Waals surface area contributed by atoms with Crippen LogP contribution in [0.25, 0.3) is 0 Å². The van der Waals surface area contributed by atoms with Gasteiger partial charge >= 0.3 is 0 Å². The summed E-state index contributed by atoms with van der Waals surface area (Å²) in [6.07, 6.45) is 3.35. The zero-order valence-corrected chi connectivity index (χ0v) is 9.10. The molecule has 2 heterocycles. The van der Waals surface area contributed by atoms with Crippen LogP contribution in [-0.2, 0) is 0 Å². The second-order valence-corrected chi connectivity index (χ2v) is 4.47. The summed E-state index contributed by atoms with van der Waals surface area (Å²) in [6, 6.07) is 0.756. The Balaban J connectivity index is 1.75. The Morgan fingerprint density at radius 1 is 1.40 bits per heavy atom. The number of fused-ring (bicyclic) bond motifs is 1. The Labute approximate surface area is 90.5 Å². The number of oxime groups is 1. The Kier molecular flexibility index (Phi) is 3.43. The van der Waals surface area contributed by atoms with Crippen molar-refractivity contribution >= 4 is 5.84 Å². The zero-order chi connectivity index (χ0) is 10.7. The number of hydrogen-bond acceptors (Lipinski definition) is 4. The van der Waals surface area contributed by atoms with Crippen LogP contribution in [0.3, 0.4) is 0 Å². The molecule has 2 aliphatic heterocycles. The molecule has 0 aliphatic carbocycles. The van der Waals surface area contributed by atoms with E-state index in [4.69, 9.17) is 10.9 Å². The Morgan fingerprint density at radius 3 is 3.07 bits per heavy atom. The molecular weight excluding hydrogens is 192 g/mol. The van der Waals surface area contributed by atoms with Crippen LogP contribution in [0.15, 0.2) is 5.16 Å². The van der Waals surface area contributed by atoms with Crippen LogP contribution in [-0.4, -0.2) is 59.6 Å². The second kappa shape index (κ2) is 4.81. The summed E-state index contributed by atoms with van der Waals surface area (Å²) in [5.74, 6) is 0.337. The highest BCUT2D eigenvalue weighted by atomic mass is 16.4. The highest BCUT2D eigenvalue weighted by molar-refractivity contribution is 5.79. The van der Waals surface area contributed by atoms with Crippen molar-refractivity contribution in [3.63, 3.8) is 0 Å². The summed E-state index contributed by atoms with van der Waals surface area (Å²) in [7, 11) is 0. The van der Waals surface area contributed by atoms with Gasteiger partial charge in [0.15, 0.2) is 0 Å². The van der Waals surface area contributed by atoms with Gasteiger partial charge in [-0.05, 0) is 19.4 Å². The molecule has 0 radical (unpaired) electrons. The van der Waals surface area contributed by atoms with Crippen LogP contribution in [0, 0.1) is 0 Å². The number of rotatable bonds is 3. The summed E-state index contributed by atoms with van der Waals surface area (Å²) < 4.78 is 0. The van der Waals surface area contributed by atoms with E-state index in [-0.39, 0.29) is 0 Å². The van der Waals surface area contributed by atoms with Crippen molar-refractivity contribution in [3.8, 4) is 0 Å². The highest BCUT2D eigenvalue weighted by Crippen LogP contribution is 2.21. The maximum absolute atomic E-state index is 8.45. The first-order valence-electron chi connectivity index (χ1n) is 5.72. The van der Waals surface area contributed by atoms with Gasteiger partial charge in [-0.15, -0.1) is 0 Å². The molecule has 5 heteroatoms. The van der Waals surface area contributed by atoms with E-state index in [0.717, 1.165) is 25.7 Å². The van der Waals surface area contributed by atoms with Gasteiger partial charge in [0.1, 0.15) is 5.84 Å². The Morgan fingerprint density at radius 2 is 2.27 bits per heavy atom. The fourth-order valence-electron chi connectivity index (χ4n) is 2.58. The van der Waals surface area contributed by atoms with Crippen LogP contribution in [0.1, 0.15) is 19.3 Å². The number of piperazine rings is 1. The van der Waals surface area contributed by atoms with Crippen LogP contribution in [0.5, 0.6) is 0 Å². The van der Waals surface area contributed by atoms with E-state index in [1.807, 2.05) is 0 Å². The SMILES string of the molecule is NC(CCN1CCN2CCCC2C1)=NO. The lowest BCUT2D eigenvalue weighted by molar-refractivity contribution is 0.107. The van der Waals surface area contributed by atoms with Gasteiger partial charge in [-0.2, -0.15) is 0 Å². The van der Waals surface area contributed by atoms with E-state index in [0.29, 0.717) is 12.3 Å². The first kappa shape index (κ1) is 10.7. The molecule has 2 fully saturated rings. The fraction of sp³-hybridized carbons (Fsp3) is 0.900. The minimum absolute atomic E-state index is 0.337. The molecule has 0 spiro atoms. The van der Waals surface area contributed by atoms with Gasteiger partial charge in [0.25, 0.3) is 0 Å². The zero-order valence-electron chi connectivity index (χ0n) is 9.10. The van der Waals surface area contributed by atoms with Crippen LogP contribution >= 0.6 is 0 Å². The molecule has 1 atom stereocenters. The third kappa shape index (κ3) is 2.60. The van der Waals surface area contributed by atoms with Crippen molar-refractivity contribution in [2.75, 3.05) is 32.7 Å². The molecule has 0 bridgehead atoms. The average molecular weight is 212 g/mol. The van der Waals surface area contributed by atoms with E-state index >= 15 is 0 Å². The number of hydrogen-bond donors (Lipinski definition) is 2. The van der Waals surface area contributed by atoms with Crippen LogP contribution in [0.4, 0.5) is 0 Å². The van der Waals surface area contributed by atoms with E-state index in [2.05, 4.69) is 15.0 Å². The molecule has 15 heavy (non-hydrogen) atoms. The Bertz CT molecular complexity index is 244. The molecule has 1 unspecified atom stereocenters. The summed E-state index contributed by atoms with van der Waals surface area (Å²) in [5, 5.41) is 11.4. The van der Waals surface area contributed by atoms with Crippen molar-refractivity contribution in [1.82, 2.24) is 9.80 Å². The monoisotopic (exact) mass is 212 g/mol. The van der Waals surface area contributed by atoms with Gasteiger partial charge in [0.2, 0.25) is 0 Å². The lowest BCUT2D eigenvalue weighted by atomic mass is 10.1. The van der Waals surface area contributed by atoms with E-state index in [1.54, 1.807) is 0 Å². The van der Waals surface area contributed by atoms with Gasteiger partial charge in [-0.3, -0.25) is 4.90 Å². The molecule has 5 nitrogen and oxygen atoms in total. The van der Waals surface area contributed by atoms with E-state index in [9.17, 15) is 0 Å². The molecule has 2 saturated heterocycles. The smallest absolute Gasteiger partial charge is 0.140 e. The summed E-state index contributed by atoms with van der Waals surface area (Å²) in [4.78, 5) is 5.00. The molecule has 2 aliphatic rings. The topological polar surface area (TPSA) is 65.1 Å². The van der Waals surface area contributed by atoms with Crippen LogP contribution in [0.2, 0.25) is 0 Å². The normalized spacial score (nSPS) is 29.3. The lowest BCUT2D eigenvalue weighted by Gasteiger charge is -2.37. The molecule has 0 aromatic carbocycles. The number of amidine groups is 1. The maximum atomic E-state index is 8.45. The predicted molar refractivity (Wildman–Crippen MR) is 59.1 cm³/mol. The van der Waals surface area contributed by atoms with Crippen molar-refractivity contribution in [2.45, 2.75) is 25.3 Å². The number of nitrogens with zero attached hydrogens (tertiary/aromatic N) is 3. The Hall–Kier alpha value is -0.810. The minimum atomic E-state index is 0.337. The molecule has 2 rings (SSSR count). The van der Waals surface area contributed by atoms with Gasteiger partial charge in [0.05, 0.1) is 0 Å². The molecule has 86 valence electrons. The van der Waals surface area contributed by atoms with Gasteiger partial charge in [0, 0.05) is 38.6 Å². The van der Waals surface area contributed by atoms with Crippen molar-refractivity contribution in [1.29, 1.82) is 0 Å². The molecule has 3 N–H and O–H groups in total. The minimum Gasteiger partial charge on any atom is -0.409 e. The third-order valence-corrected chi connectivity index (χ3v) is 3.48. The molecule has 0 amide bonds. The quantitative estimate of drug-likeness (QED) is 0.297. The third-order valence-electron chi connectivity index (χ3n) is 3.48. The lowest BCUT2D eigenvalue weighted by Crippen LogP contribution is -2.50. The van der Waals surface area contributed by atoms with Crippen LogP contribution < -0.4 is 5.73 Å². The maximum Gasteiger partial charge on any atom is 0.140 e. The van der Waals surface area contributed by atoms with Gasteiger partial charge < -0.3 is 15.8 Å². The molecule has 0 aromatic heterocycles. The first-order valence-corrected chi connectivity index (χ1v) is 5.72. The molecular formula is C10H20N4O. The highest BCUT2D eigenvalue weighted by Gasteiger charge is 2.30. The van der Waals surface area contributed by atoms with Gasteiger partial charge in [-0.1, -0.05) is 5.16 Å². The summed E-state index contributed by atoms with van der Waals surface area (Å²) in [5.41, 5.74) is 5.46. The predicted octanol–water partition coefficient (Wildman–Crippen LogP) is -0.0971. The van der Waals surface area contributed by atoms with Gasteiger partial charge in [-0.25, -0.2) is 0 Å². The average Bonchev–Trinajstić information content (AvgIpc) is 2.72. The first-order chi connectivity index (χ1) is 7.29. The molecule has 0 aromatic rings. The summed E-state index contributed by atoms with van der Waals surface area (Å²) in [6.45, 7) is 5.65. The summed E-state index contributed by atoms with van der Waals surface area (Å²) >= 11 is 0. The van der Waals surface area contributed by atoms with E-state index < -0.39 is 0 Å². The standard InChI is InChI=1S/C10H20N4O/c11-10(12-15)3-5-13-6-7-14-4-1-2-9(14)8-13/h9,15H,1-8H2,(H2,11,12). The fourth-order valence-corrected chi connectivity index (χ4v) is 2.58.